The quantitative estimate of drug-likeness (QED) is 0.869. The molecule has 2 heterocycles. The van der Waals surface area contributed by atoms with Crippen LogP contribution in [0.1, 0.15) is 42.6 Å². The van der Waals surface area contributed by atoms with Gasteiger partial charge in [-0.2, -0.15) is 5.10 Å². The van der Waals surface area contributed by atoms with E-state index in [4.69, 9.17) is 0 Å². The lowest BCUT2D eigenvalue weighted by molar-refractivity contribution is 0.432. The Bertz CT molecular complexity index is 635. The minimum Gasteiger partial charge on any atom is -0.317 e. The second kappa shape index (κ2) is 9.35. The fraction of sp³-hybridized carbons (Fsp3) is 0.471. The van der Waals surface area contributed by atoms with Crippen LogP contribution in [0.3, 0.4) is 0 Å². The van der Waals surface area contributed by atoms with E-state index >= 15 is 0 Å². The van der Waals surface area contributed by atoms with E-state index in [1.807, 2.05) is 4.68 Å². The number of benzene rings is 1. The maximum absolute atomic E-state index is 13.3. The van der Waals surface area contributed by atoms with Gasteiger partial charge in [-0.3, -0.25) is 4.68 Å². The first-order valence-corrected chi connectivity index (χ1v) is 7.88. The summed E-state index contributed by atoms with van der Waals surface area (Å²) in [6, 6.07) is 5.74. The van der Waals surface area contributed by atoms with Gasteiger partial charge in [-0.1, -0.05) is 0 Å². The van der Waals surface area contributed by atoms with E-state index in [0.717, 1.165) is 44.2 Å². The number of halogens is 4. The van der Waals surface area contributed by atoms with E-state index in [9.17, 15) is 8.78 Å². The Hall–Kier alpha value is -1.17. The van der Waals surface area contributed by atoms with Gasteiger partial charge in [0.05, 0.1) is 5.69 Å². The number of nitrogens with one attached hydrogen (secondary N) is 1. The summed E-state index contributed by atoms with van der Waals surface area (Å²) in [5, 5.41) is 7.98. The molecule has 0 atom stereocenters. The number of nitrogens with zero attached hydrogens (tertiary/aromatic N) is 2. The molecule has 134 valence electrons. The maximum Gasteiger partial charge on any atom is 0.126 e. The van der Waals surface area contributed by atoms with Crippen LogP contribution < -0.4 is 5.32 Å². The topological polar surface area (TPSA) is 29.9 Å². The van der Waals surface area contributed by atoms with Crippen molar-refractivity contribution >= 4 is 24.8 Å². The molecule has 0 radical (unpaired) electrons. The lowest BCUT2D eigenvalue weighted by atomic mass is 9.94. The zero-order valence-corrected chi connectivity index (χ0v) is 15.2. The molecule has 24 heavy (non-hydrogen) atoms. The van der Waals surface area contributed by atoms with Crippen molar-refractivity contribution in [1.82, 2.24) is 15.1 Å². The molecule has 2 aromatic rings. The number of hydrogen-bond donors (Lipinski definition) is 1. The van der Waals surface area contributed by atoms with Gasteiger partial charge in [0.15, 0.2) is 0 Å². The predicted molar refractivity (Wildman–Crippen MR) is 96.4 cm³/mol. The molecule has 1 fully saturated rings. The maximum atomic E-state index is 13.3. The molecule has 1 aliphatic rings. The minimum absolute atomic E-state index is 0. The fourth-order valence-corrected chi connectivity index (χ4v) is 3.19. The van der Waals surface area contributed by atoms with Gasteiger partial charge < -0.3 is 5.32 Å². The summed E-state index contributed by atoms with van der Waals surface area (Å²) in [5.74, 6) is -0.557. The lowest BCUT2D eigenvalue weighted by Gasteiger charge is -2.23. The van der Waals surface area contributed by atoms with Crippen molar-refractivity contribution in [2.45, 2.75) is 38.6 Å². The first-order chi connectivity index (χ1) is 10.7. The SMILES string of the molecule is CCn1nc(Cc2cc(F)cc(F)c2)cc1C1CCNCC1.Cl.Cl. The van der Waals surface area contributed by atoms with Crippen molar-refractivity contribution in [3.05, 3.63) is 52.9 Å². The molecule has 1 aliphatic heterocycles. The van der Waals surface area contributed by atoms with Crippen LogP contribution in [0.4, 0.5) is 8.78 Å². The summed E-state index contributed by atoms with van der Waals surface area (Å²) >= 11 is 0. The van der Waals surface area contributed by atoms with Crippen LogP contribution >= 0.6 is 24.8 Å². The van der Waals surface area contributed by atoms with Crippen molar-refractivity contribution in [2.24, 2.45) is 0 Å². The highest BCUT2D eigenvalue weighted by Crippen LogP contribution is 2.26. The Kier molecular flexibility index (Phi) is 8.13. The Labute approximate surface area is 153 Å². The zero-order chi connectivity index (χ0) is 15.5. The van der Waals surface area contributed by atoms with Gasteiger partial charge in [0.2, 0.25) is 0 Å². The standard InChI is InChI=1S/C17H21F2N3.2ClH/c1-2-22-17(13-3-5-20-6-4-13)11-16(21-22)9-12-7-14(18)10-15(19)8-12;;/h7-8,10-11,13,20H,2-6,9H2,1H3;2*1H. The molecule has 0 unspecified atom stereocenters. The summed E-state index contributed by atoms with van der Waals surface area (Å²) in [5.41, 5.74) is 2.74. The molecule has 0 bridgehead atoms. The second-order valence-electron chi connectivity index (χ2n) is 5.86. The molecule has 3 nitrogen and oxygen atoms in total. The van der Waals surface area contributed by atoms with Crippen molar-refractivity contribution < 1.29 is 8.78 Å². The highest BCUT2D eigenvalue weighted by atomic mass is 35.5. The molecule has 1 saturated heterocycles. The summed E-state index contributed by atoms with van der Waals surface area (Å²) in [4.78, 5) is 0. The fourth-order valence-electron chi connectivity index (χ4n) is 3.19. The van der Waals surface area contributed by atoms with Gasteiger partial charge >= 0.3 is 0 Å². The first-order valence-electron chi connectivity index (χ1n) is 7.88. The van der Waals surface area contributed by atoms with E-state index in [2.05, 4.69) is 23.4 Å². The van der Waals surface area contributed by atoms with Gasteiger partial charge in [-0.25, -0.2) is 8.78 Å². The predicted octanol–water partition coefficient (Wildman–Crippen LogP) is 4.08. The van der Waals surface area contributed by atoms with Crippen LogP contribution in [0.15, 0.2) is 24.3 Å². The van der Waals surface area contributed by atoms with Crippen LogP contribution in [0.5, 0.6) is 0 Å². The van der Waals surface area contributed by atoms with E-state index in [0.29, 0.717) is 17.9 Å². The van der Waals surface area contributed by atoms with E-state index in [1.165, 1.54) is 17.8 Å². The van der Waals surface area contributed by atoms with Gasteiger partial charge in [-0.15, -0.1) is 24.8 Å². The van der Waals surface area contributed by atoms with Crippen LogP contribution in [-0.4, -0.2) is 22.9 Å². The van der Waals surface area contributed by atoms with Gasteiger partial charge in [0, 0.05) is 30.6 Å². The third-order valence-corrected chi connectivity index (χ3v) is 4.23. The third-order valence-electron chi connectivity index (χ3n) is 4.23. The van der Waals surface area contributed by atoms with Gasteiger partial charge in [0.25, 0.3) is 0 Å². The summed E-state index contributed by atoms with van der Waals surface area (Å²) in [7, 11) is 0. The molecular weight excluding hydrogens is 355 g/mol. The second-order valence-corrected chi connectivity index (χ2v) is 5.86. The number of aromatic nitrogens is 2. The highest BCUT2D eigenvalue weighted by molar-refractivity contribution is 5.85. The lowest BCUT2D eigenvalue weighted by Crippen LogP contribution is -2.27. The Morgan fingerprint density at radius 1 is 1.08 bits per heavy atom. The number of piperidine rings is 1. The summed E-state index contributed by atoms with van der Waals surface area (Å²) in [6.45, 7) is 4.95. The van der Waals surface area contributed by atoms with Crippen LogP contribution in [0.2, 0.25) is 0 Å². The largest absolute Gasteiger partial charge is 0.317 e. The number of aryl methyl sites for hydroxylation is 1. The molecule has 0 aliphatic carbocycles. The monoisotopic (exact) mass is 377 g/mol. The van der Waals surface area contributed by atoms with Crippen molar-refractivity contribution in [2.75, 3.05) is 13.1 Å². The molecular formula is C17H23Cl2F2N3. The molecule has 1 aromatic carbocycles. The molecule has 0 saturated carbocycles. The first kappa shape index (κ1) is 20.9. The van der Waals surface area contributed by atoms with Crippen LogP contribution in [-0.2, 0) is 13.0 Å². The number of hydrogen-bond acceptors (Lipinski definition) is 2. The molecule has 7 heteroatoms. The van der Waals surface area contributed by atoms with E-state index in [-0.39, 0.29) is 24.8 Å². The Balaban J connectivity index is 0.00000144. The molecule has 0 amide bonds. The normalized spacial score (nSPS) is 14.8. The Morgan fingerprint density at radius 3 is 2.29 bits per heavy atom. The van der Waals surface area contributed by atoms with Crippen molar-refractivity contribution in [3.63, 3.8) is 0 Å². The van der Waals surface area contributed by atoms with Gasteiger partial charge in [-0.05, 0) is 56.6 Å². The third kappa shape index (κ3) is 4.91. The highest BCUT2D eigenvalue weighted by Gasteiger charge is 2.20. The van der Waals surface area contributed by atoms with E-state index in [1.54, 1.807) is 0 Å². The minimum atomic E-state index is -0.538. The van der Waals surface area contributed by atoms with Crippen LogP contribution in [0, 0.1) is 11.6 Å². The summed E-state index contributed by atoms with van der Waals surface area (Å²) in [6.07, 6.45) is 2.68. The molecule has 3 rings (SSSR count). The van der Waals surface area contributed by atoms with Gasteiger partial charge in [0.1, 0.15) is 11.6 Å². The number of rotatable bonds is 4. The van der Waals surface area contributed by atoms with Crippen molar-refractivity contribution in [1.29, 1.82) is 0 Å². The van der Waals surface area contributed by atoms with E-state index < -0.39 is 11.6 Å². The Morgan fingerprint density at radius 2 is 1.71 bits per heavy atom. The summed E-state index contributed by atoms with van der Waals surface area (Å²) < 4.78 is 28.6. The van der Waals surface area contributed by atoms with Crippen LogP contribution in [0.25, 0.3) is 0 Å². The molecule has 0 spiro atoms. The average Bonchev–Trinajstić information content (AvgIpc) is 2.90. The van der Waals surface area contributed by atoms with Crippen molar-refractivity contribution in [3.8, 4) is 0 Å². The zero-order valence-electron chi connectivity index (χ0n) is 13.6. The smallest absolute Gasteiger partial charge is 0.126 e. The molecule has 1 N–H and O–H groups in total. The molecule has 1 aromatic heterocycles. The average molecular weight is 378 g/mol.